The zero-order valence-corrected chi connectivity index (χ0v) is 13.9. The lowest BCUT2D eigenvalue weighted by Gasteiger charge is -2.22. The maximum absolute atomic E-state index is 12.7. The summed E-state index contributed by atoms with van der Waals surface area (Å²) in [6, 6.07) is 5.07. The first-order chi connectivity index (χ1) is 11.0. The van der Waals surface area contributed by atoms with Gasteiger partial charge in [-0.05, 0) is 50.8 Å². The molecule has 1 atom stereocenters. The highest BCUT2D eigenvalue weighted by Crippen LogP contribution is 2.39. The third kappa shape index (κ3) is 2.86. The van der Waals surface area contributed by atoms with Crippen molar-refractivity contribution in [2.75, 3.05) is 17.3 Å². The molecule has 2 aliphatic rings. The number of benzene rings is 1. The molecule has 1 N–H and O–H groups in total. The van der Waals surface area contributed by atoms with E-state index in [9.17, 15) is 9.59 Å². The number of methoxy groups -OCH3 is 1. The van der Waals surface area contributed by atoms with Gasteiger partial charge in [-0.15, -0.1) is 0 Å². The molecule has 1 aromatic rings. The minimum atomic E-state index is -0.275. The Morgan fingerprint density at radius 3 is 2.35 bits per heavy atom. The first-order valence-corrected chi connectivity index (χ1v) is 8.10. The Morgan fingerprint density at radius 2 is 1.78 bits per heavy atom. The summed E-state index contributed by atoms with van der Waals surface area (Å²) < 4.78 is 5.21. The van der Waals surface area contributed by atoms with E-state index < -0.39 is 0 Å². The van der Waals surface area contributed by atoms with Gasteiger partial charge in [0, 0.05) is 23.3 Å². The Bertz CT molecular complexity index is 671. The van der Waals surface area contributed by atoms with Gasteiger partial charge in [0.2, 0.25) is 0 Å². The molecule has 0 spiro atoms. The Kier molecular flexibility index (Phi) is 4.41. The van der Waals surface area contributed by atoms with Crippen LogP contribution in [0.4, 0.5) is 11.4 Å². The first kappa shape index (κ1) is 16.0. The predicted molar refractivity (Wildman–Crippen MR) is 89.5 cm³/mol. The van der Waals surface area contributed by atoms with Crippen molar-refractivity contribution >= 4 is 34.8 Å². The lowest BCUT2D eigenvalue weighted by atomic mass is 9.93. The number of ether oxygens (including phenoxy) is 1. The van der Waals surface area contributed by atoms with Gasteiger partial charge in [0.05, 0.1) is 11.4 Å². The van der Waals surface area contributed by atoms with Gasteiger partial charge in [0.1, 0.15) is 6.23 Å². The molecular formula is C17H19ClN2O3. The van der Waals surface area contributed by atoms with E-state index in [4.69, 9.17) is 16.3 Å². The van der Waals surface area contributed by atoms with Crippen molar-refractivity contribution in [3.63, 3.8) is 0 Å². The molecule has 6 heteroatoms. The van der Waals surface area contributed by atoms with Gasteiger partial charge in [-0.25, -0.2) is 4.90 Å². The highest BCUT2D eigenvalue weighted by atomic mass is 35.5. The highest BCUT2D eigenvalue weighted by Gasteiger charge is 2.40. The summed E-state index contributed by atoms with van der Waals surface area (Å²) in [5.41, 5.74) is 2.46. The van der Waals surface area contributed by atoms with Crippen LogP contribution in [-0.4, -0.2) is 25.2 Å². The van der Waals surface area contributed by atoms with E-state index in [1.165, 1.54) is 4.90 Å². The average Bonchev–Trinajstić information content (AvgIpc) is 2.80. The lowest BCUT2D eigenvalue weighted by molar-refractivity contribution is -0.120. The minimum Gasteiger partial charge on any atom is -0.362 e. The van der Waals surface area contributed by atoms with Crippen LogP contribution in [0.1, 0.15) is 32.6 Å². The Hall–Kier alpha value is -1.85. The fourth-order valence-electron chi connectivity index (χ4n) is 3.06. The van der Waals surface area contributed by atoms with E-state index in [2.05, 4.69) is 5.32 Å². The zero-order valence-electron chi connectivity index (χ0n) is 13.2. The zero-order chi connectivity index (χ0) is 16.6. The third-order valence-electron chi connectivity index (χ3n) is 4.30. The Labute approximate surface area is 140 Å². The van der Waals surface area contributed by atoms with Crippen molar-refractivity contribution in [2.24, 2.45) is 0 Å². The molecule has 122 valence electrons. The number of halogens is 1. The second-order valence-corrected chi connectivity index (χ2v) is 6.23. The van der Waals surface area contributed by atoms with Crippen molar-refractivity contribution in [2.45, 2.75) is 38.8 Å². The Balaban J connectivity index is 1.99. The Morgan fingerprint density at radius 1 is 1.17 bits per heavy atom. The van der Waals surface area contributed by atoms with Gasteiger partial charge in [-0.3, -0.25) is 9.59 Å². The fraction of sp³-hybridized carbons (Fsp3) is 0.412. The largest absolute Gasteiger partial charge is 0.362 e. The number of amides is 2. The van der Waals surface area contributed by atoms with Crippen LogP contribution in [-0.2, 0) is 14.3 Å². The summed E-state index contributed by atoms with van der Waals surface area (Å²) in [5.74, 6) is -0.416. The lowest BCUT2D eigenvalue weighted by Crippen LogP contribution is -2.32. The van der Waals surface area contributed by atoms with Crippen LogP contribution in [0, 0.1) is 0 Å². The second kappa shape index (κ2) is 6.34. The monoisotopic (exact) mass is 334 g/mol. The number of carbonyl (C=O) groups is 2. The highest BCUT2D eigenvalue weighted by molar-refractivity contribution is 6.34. The summed E-state index contributed by atoms with van der Waals surface area (Å²) >= 11 is 6.07. The van der Waals surface area contributed by atoms with E-state index in [1.54, 1.807) is 25.3 Å². The van der Waals surface area contributed by atoms with Gasteiger partial charge in [-0.1, -0.05) is 11.6 Å². The number of nitrogens with one attached hydrogen (secondary N) is 1. The van der Waals surface area contributed by atoms with Crippen LogP contribution in [0.5, 0.6) is 0 Å². The summed E-state index contributed by atoms with van der Waals surface area (Å²) in [4.78, 5) is 26.7. The van der Waals surface area contributed by atoms with Gasteiger partial charge in [0.25, 0.3) is 11.8 Å². The normalized spacial score (nSPS) is 19.2. The summed E-state index contributed by atoms with van der Waals surface area (Å²) in [5, 5.41) is 3.65. The molecule has 0 saturated heterocycles. The molecule has 0 aromatic heterocycles. The molecule has 0 bridgehead atoms. The molecule has 1 aliphatic carbocycles. The van der Waals surface area contributed by atoms with Crippen LogP contribution in [0.3, 0.4) is 0 Å². The predicted octanol–water partition coefficient (Wildman–Crippen LogP) is 3.49. The number of nitrogens with zero attached hydrogens (tertiary/aromatic N) is 1. The van der Waals surface area contributed by atoms with E-state index in [-0.39, 0.29) is 18.0 Å². The van der Waals surface area contributed by atoms with Crippen molar-refractivity contribution in [1.82, 2.24) is 0 Å². The number of hydrogen-bond donors (Lipinski definition) is 1. The van der Waals surface area contributed by atoms with Crippen molar-refractivity contribution in [3.8, 4) is 0 Å². The van der Waals surface area contributed by atoms with Crippen LogP contribution in [0.15, 0.2) is 29.3 Å². The van der Waals surface area contributed by atoms with Gasteiger partial charge in [-0.2, -0.15) is 0 Å². The van der Waals surface area contributed by atoms with E-state index in [1.807, 2.05) is 6.92 Å². The SMILES string of the molecule is COC(C)Nc1cc(Cl)ccc1N1C(=O)C2=C(CCCC2)C1=O. The molecule has 0 fully saturated rings. The number of hydrogen-bond acceptors (Lipinski definition) is 4. The molecule has 1 heterocycles. The summed E-state index contributed by atoms with van der Waals surface area (Å²) in [7, 11) is 1.58. The standard InChI is InChI=1S/C17H19ClN2O3/c1-10(23-2)19-14-9-11(18)7-8-15(14)20-16(21)12-5-3-4-6-13(12)17(20)22/h7-10,19H,3-6H2,1-2H3. The van der Waals surface area contributed by atoms with Crippen molar-refractivity contribution in [1.29, 1.82) is 0 Å². The van der Waals surface area contributed by atoms with Crippen LogP contribution in [0.25, 0.3) is 0 Å². The molecule has 5 nitrogen and oxygen atoms in total. The fourth-order valence-corrected chi connectivity index (χ4v) is 3.23. The average molecular weight is 335 g/mol. The van der Waals surface area contributed by atoms with Gasteiger partial charge in [0.15, 0.2) is 0 Å². The van der Waals surface area contributed by atoms with E-state index in [0.717, 1.165) is 12.8 Å². The number of anilines is 2. The molecule has 23 heavy (non-hydrogen) atoms. The maximum atomic E-state index is 12.7. The number of imide groups is 1. The van der Waals surface area contributed by atoms with Gasteiger partial charge < -0.3 is 10.1 Å². The molecule has 0 saturated carbocycles. The molecule has 1 aliphatic heterocycles. The molecule has 1 aromatic carbocycles. The second-order valence-electron chi connectivity index (χ2n) is 5.79. The smallest absolute Gasteiger partial charge is 0.261 e. The van der Waals surface area contributed by atoms with Crippen LogP contribution < -0.4 is 10.2 Å². The molecular weight excluding hydrogens is 316 g/mol. The van der Waals surface area contributed by atoms with Crippen LogP contribution in [0.2, 0.25) is 5.02 Å². The number of carbonyl (C=O) groups excluding carboxylic acids is 2. The quantitative estimate of drug-likeness (QED) is 0.676. The topological polar surface area (TPSA) is 58.6 Å². The molecule has 1 unspecified atom stereocenters. The third-order valence-corrected chi connectivity index (χ3v) is 4.54. The molecule has 0 radical (unpaired) electrons. The van der Waals surface area contributed by atoms with E-state index in [0.29, 0.717) is 40.4 Å². The van der Waals surface area contributed by atoms with Crippen LogP contribution >= 0.6 is 11.6 Å². The van der Waals surface area contributed by atoms with E-state index >= 15 is 0 Å². The number of rotatable bonds is 4. The molecule has 3 rings (SSSR count). The summed E-state index contributed by atoms with van der Waals surface area (Å²) in [6.45, 7) is 1.83. The van der Waals surface area contributed by atoms with Crippen molar-refractivity contribution < 1.29 is 14.3 Å². The summed E-state index contributed by atoms with van der Waals surface area (Å²) in [6.07, 6.45) is 3.00. The first-order valence-electron chi connectivity index (χ1n) is 7.72. The van der Waals surface area contributed by atoms with Gasteiger partial charge >= 0.3 is 0 Å². The van der Waals surface area contributed by atoms with Crippen molar-refractivity contribution in [3.05, 3.63) is 34.4 Å². The molecule has 2 amide bonds. The minimum absolute atomic E-state index is 0.208. The maximum Gasteiger partial charge on any atom is 0.261 e.